The predicted molar refractivity (Wildman–Crippen MR) is 114 cm³/mol. The minimum Gasteiger partial charge on any atom is -0.362 e. The number of nitrogens with zero attached hydrogens (tertiary/aromatic N) is 1. The van der Waals surface area contributed by atoms with Crippen molar-refractivity contribution in [3.05, 3.63) is 64.7 Å². The van der Waals surface area contributed by atoms with Crippen LogP contribution in [0, 0.1) is 0 Å². The highest BCUT2D eigenvalue weighted by Gasteiger charge is 2.07. The second-order valence-corrected chi connectivity index (χ2v) is 7.66. The quantitative estimate of drug-likeness (QED) is 0.415. The molecule has 2 N–H and O–H groups in total. The zero-order chi connectivity index (χ0) is 18.9. The molecule has 0 atom stereocenters. The van der Waals surface area contributed by atoms with Gasteiger partial charge >= 0.3 is 0 Å². The molecule has 0 fully saturated rings. The molecule has 0 aromatic heterocycles. The zero-order valence-corrected chi connectivity index (χ0v) is 17.2. The lowest BCUT2D eigenvalue weighted by molar-refractivity contribution is 0.0963. The second-order valence-electron chi connectivity index (χ2n) is 5.67. The van der Waals surface area contributed by atoms with E-state index in [2.05, 4.69) is 10.6 Å². The van der Waals surface area contributed by atoms with E-state index in [0.717, 1.165) is 22.9 Å². The minimum absolute atomic E-state index is 0.0831. The van der Waals surface area contributed by atoms with E-state index in [4.69, 9.17) is 23.8 Å². The summed E-state index contributed by atoms with van der Waals surface area (Å²) in [5.41, 5.74) is 1.75. The molecule has 7 heteroatoms. The largest absolute Gasteiger partial charge is 0.362 e. The Hall–Kier alpha value is -1.76. The van der Waals surface area contributed by atoms with Crippen molar-refractivity contribution in [3.63, 3.8) is 0 Å². The first-order chi connectivity index (χ1) is 12.5. The van der Waals surface area contributed by atoms with Gasteiger partial charge < -0.3 is 15.5 Å². The lowest BCUT2D eigenvalue weighted by Gasteiger charge is -2.21. The Balaban J connectivity index is 1.73. The summed E-state index contributed by atoms with van der Waals surface area (Å²) in [6.07, 6.45) is 0. The van der Waals surface area contributed by atoms with E-state index in [1.165, 1.54) is 4.90 Å². The number of halogens is 1. The van der Waals surface area contributed by atoms with Crippen LogP contribution in [0.15, 0.2) is 53.4 Å². The molecule has 26 heavy (non-hydrogen) atoms. The van der Waals surface area contributed by atoms with Crippen molar-refractivity contribution in [2.24, 2.45) is 0 Å². The van der Waals surface area contributed by atoms with Gasteiger partial charge in [0.25, 0.3) is 5.91 Å². The predicted octanol–water partition coefficient (Wildman–Crippen LogP) is 3.80. The molecular weight excluding hydrogens is 386 g/mol. The Kier molecular flexibility index (Phi) is 8.22. The van der Waals surface area contributed by atoms with Crippen LogP contribution in [0.4, 0.5) is 0 Å². The number of amides is 1. The molecule has 138 valence electrons. The Labute approximate surface area is 169 Å². The smallest absolute Gasteiger partial charge is 0.251 e. The van der Waals surface area contributed by atoms with Crippen LogP contribution in [0.5, 0.6) is 0 Å². The number of thiocarbonyl (C=S) groups is 1. The van der Waals surface area contributed by atoms with Crippen molar-refractivity contribution in [2.45, 2.75) is 11.4 Å². The first kappa shape index (κ1) is 20.6. The molecule has 0 bridgehead atoms. The average molecular weight is 408 g/mol. The molecule has 0 aliphatic carbocycles. The number of carbonyl (C=O) groups is 1. The van der Waals surface area contributed by atoms with Crippen molar-refractivity contribution in [2.75, 3.05) is 26.4 Å². The molecule has 0 unspecified atom stereocenters. The van der Waals surface area contributed by atoms with Crippen LogP contribution in [-0.4, -0.2) is 42.3 Å². The Morgan fingerprint density at radius 1 is 1.15 bits per heavy atom. The van der Waals surface area contributed by atoms with Crippen LogP contribution >= 0.6 is 35.6 Å². The highest BCUT2D eigenvalue weighted by Crippen LogP contribution is 2.19. The van der Waals surface area contributed by atoms with E-state index < -0.39 is 0 Å². The summed E-state index contributed by atoms with van der Waals surface area (Å²) in [6, 6.07) is 15.3. The van der Waals surface area contributed by atoms with Gasteiger partial charge in [0.05, 0.1) is 0 Å². The van der Waals surface area contributed by atoms with Crippen LogP contribution in [0.25, 0.3) is 0 Å². The van der Waals surface area contributed by atoms with Gasteiger partial charge in [0.15, 0.2) is 5.11 Å². The monoisotopic (exact) mass is 407 g/mol. The number of rotatable bonds is 7. The van der Waals surface area contributed by atoms with Crippen molar-refractivity contribution >= 4 is 46.6 Å². The van der Waals surface area contributed by atoms with Crippen molar-refractivity contribution < 1.29 is 4.79 Å². The van der Waals surface area contributed by atoms with Crippen LogP contribution in [-0.2, 0) is 6.54 Å². The third-order valence-corrected chi connectivity index (χ3v) is 5.39. The zero-order valence-electron chi connectivity index (χ0n) is 14.8. The SMILES string of the molecule is CNC(=O)c1ccc(CN(C)C(=S)NCCSc2ccc(Cl)cc2)cc1. The van der Waals surface area contributed by atoms with E-state index in [0.29, 0.717) is 17.2 Å². The molecule has 0 aliphatic heterocycles. The summed E-state index contributed by atoms with van der Waals surface area (Å²) < 4.78 is 0. The first-order valence-electron chi connectivity index (χ1n) is 8.18. The molecule has 0 radical (unpaired) electrons. The van der Waals surface area contributed by atoms with E-state index >= 15 is 0 Å². The highest BCUT2D eigenvalue weighted by atomic mass is 35.5. The molecule has 0 heterocycles. The minimum atomic E-state index is -0.0831. The maximum Gasteiger partial charge on any atom is 0.251 e. The molecule has 0 saturated heterocycles. The van der Waals surface area contributed by atoms with Gasteiger partial charge in [-0.05, 0) is 54.2 Å². The average Bonchev–Trinajstić information content (AvgIpc) is 2.66. The standard InChI is InChI=1S/C19H22ClN3OS2/c1-21-18(24)15-5-3-14(4-6-15)13-23(2)19(25)22-11-12-26-17-9-7-16(20)8-10-17/h3-10H,11-13H2,1-2H3,(H,21,24)(H,22,25). The fourth-order valence-corrected chi connectivity index (χ4v) is 3.31. The van der Waals surface area contributed by atoms with Gasteiger partial charge in [-0.2, -0.15) is 0 Å². The Morgan fingerprint density at radius 2 is 1.81 bits per heavy atom. The van der Waals surface area contributed by atoms with Crippen LogP contribution in [0.1, 0.15) is 15.9 Å². The van der Waals surface area contributed by atoms with Gasteiger partial charge in [-0.15, -0.1) is 11.8 Å². The lowest BCUT2D eigenvalue weighted by Crippen LogP contribution is -2.37. The molecule has 0 saturated carbocycles. The maximum atomic E-state index is 11.6. The van der Waals surface area contributed by atoms with Gasteiger partial charge in [0.2, 0.25) is 0 Å². The number of nitrogens with one attached hydrogen (secondary N) is 2. The fourth-order valence-electron chi connectivity index (χ4n) is 2.24. The number of benzene rings is 2. The van der Waals surface area contributed by atoms with E-state index in [1.807, 2.05) is 60.5 Å². The summed E-state index contributed by atoms with van der Waals surface area (Å²) in [5, 5.41) is 7.34. The number of carbonyl (C=O) groups excluding carboxylic acids is 1. The number of hydrogen-bond donors (Lipinski definition) is 2. The molecule has 2 aromatic carbocycles. The second kappa shape index (κ2) is 10.4. The fraction of sp³-hybridized carbons (Fsp3) is 0.263. The highest BCUT2D eigenvalue weighted by molar-refractivity contribution is 7.99. The molecule has 4 nitrogen and oxygen atoms in total. The first-order valence-corrected chi connectivity index (χ1v) is 9.95. The van der Waals surface area contributed by atoms with Gasteiger partial charge in [0, 0.05) is 48.4 Å². The summed E-state index contributed by atoms with van der Waals surface area (Å²) in [5.74, 6) is 0.830. The third kappa shape index (κ3) is 6.52. The molecule has 1 amide bonds. The van der Waals surface area contributed by atoms with Gasteiger partial charge in [-0.1, -0.05) is 23.7 Å². The Bertz CT molecular complexity index is 735. The van der Waals surface area contributed by atoms with Gasteiger partial charge in [-0.25, -0.2) is 0 Å². The molecule has 0 aliphatic rings. The van der Waals surface area contributed by atoms with Gasteiger partial charge in [0.1, 0.15) is 0 Å². The van der Waals surface area contributed by atoms with E-state index in [9.17, 15) is 4.79 Å². The van der Waals surface area contributed by atoms with Crippen molar-refractivity contribution in [1.82, 2.24) is 15.5 Å². The summed E-state index contributed by atoms with van der Waals surface area (Å²) in [4.78, 5) is 14.7. The van der Waals surface area contributed by atoms with E-state index in [-0.39, 0.29) is 5.91 Å². The normalized spacial score (nSPS) is 10.3. The maximum absolute atomic E-state index is 11.6. The van der Waals surface area contributed by atoms with Gasteiger partial charge in [-0.3, -0.25) is 4.79 Å². The summed E-state index contributed by atoms with van der Waals surface area (Å²) >= 11 is 13.1. The number of thioether (sulfide) groups is 1. The summed E-state index contributed by atoms with van der Waals surface area (Å²) in [7, 11) is 3.58. The van der Waals surface area contributed by atoms with Crippen molar-refractivity contribution in [1.29, 1.82) is 0 Å². The third-order valence-electron chi connectivity index (χ3n) is 3.67. The molecule has 2 aromatic rings. The Morgan fingerprint density at radius 3 is 2.42 bits per heavy atom. The van der Waals surface area contributed by atoms with Crippen LogP contribution in [0.2, 0.25) is 5.02 Å². The molecule has 2 rings (SSSR count). The van der Waals surface area contributed by atoms with Crippen LogP contribution in [0.3, 0.4) is 0 Å². The molecule has 0 spiro atoms. The number of hydrogen-bond acceptors (Lipinski definition) is 3. The van der Waals surface area contributed by atoms with Crippen LogP contribution < -0.4 is 10.6 Å². The van der Waals surface area contributed by atoms with Crippen molar-refractivity contribution in [3.8, 4) is 0 Å². The lowest BCUT2D eigenvalue weighted by atomic mass is 10.1. The topological polar surface area (TPSA) is 44.4 Å². The molecular formula is C19H22ClN3OS2. The van der Waals surface area contributed by atoms with E-state index in [1.54, 1.807) is 18.8 Å². The summed E-state index contributed by atoms with van der Waals surface area (Å²) in [6.45, 7) is 1.47.